The summed E-state index contributed by atoms with van der Waals surface area (Å²) in [6.45, 7) is 19.6. The number of benzene rings is 4. The molecule has 0 aliphatic carbocycles. The molecule has 0 unspecified atom stereocenters. The van der Waals surface area contributed by atoms with Gasteiger partial charge in [-0.25, -0.2) is 0 Å². The Balaban J connectivity index is 2.28. The Morgan fingerprint density at radius 3 is 1.06 bits per heavy atom. The zero-order valence-corrected chi connectivity index (χ0v) is 23.1. The molecule has 0 spiro atoms. The van der Waals surface area contributed by atoms with E-state index >= 15 is 0 Å². The van der Waals surface area contributed by atoms with E-state index in [1.807, 2.05) is 0 Å². The van der Waals surface area contributed by atoms with Crippen LogP contribution in [-0.2, 0) is 0 Å². The zero-order valence-electron chi connectivity index (χ0n) is 21.1. The van der Waals surface area contributed by atoms with Crippen molar-refractivity contribution in [1.29, 1.82) is 0 Å². The summed E-state index contributed by atoms with van der Waals surface area (Å²) in [5.41, 5.74) is 2.79. The van der Waals surface area contributed by atoms with Crippen molar-refractivity contribution in [3.05, 3.63) is 60.7 Å². The third-order valence-electron chi connectivity index (χ3n) is 6.96. The van der Waals surface area contributed by atoms with Gasteiger partial charge in [0, 0.05) is 0 Å². The second kappa shape index (κ2) is 9.15. The highest BCUT2D eigenvalue weighted by atomic mass is 28.3. The van der Waals surface area contributed by atoms with Crippen molar-refractivity contribution in [3.8, 4) is 0 Å². The van der Waals surface area contributed by atoms with Gasteiger partial charge in [-0.15, -0.1) is 0 Å². The van der Waals surface area contributed by atoms with E-state index in [4.69, 9.17) is 0 Å². The average molecular weight is 455 g/mol. The maximum absolute atomic E-state index is 2.53. The van der Waals surface area contributed by atoms with Gasteiger partial charge in [-0.05, 0) is 77.0 Å². The highest BCUT2D eigenvalue weighted by Crippen LogP contribution is 2.33. The maximum atomic E-state index is 2.53. The number of hydrogen-bond donors (Lipinski definition) is 0. The van der Waals surface area contributed by atoms with Gasteiger partial charge >= 0.3 is 0 Å². The molecule has 0 saturated heterocycles. The summed E-state index contributed by atoms with van der Waals surface area (Å²) in [6.07, 6.45) is 0. The molecule has 2 radical (unpaired) electrons. The van der Waals surface area contributed by atoms with E-state index < -0.39 is 17.6 Å². The molecule has 0 aromatic heterocycles. The van der Waals surface area contributed by atoms with Crippen LogP contribution >= 0.6 is 0 Å². The lowest BCUT2D eigenvalue weighted by Crippen LogP contribution is -2.42. The molecule has 32 heavy (non-hydrogen) atoms. The summed E-state index contributed by atoms with van der Waals surface area (Å²) in [4.78, 5) is 0. The van der Waals surface area contributed by atoms with Crippen molar-refractivity contribution >= 4 is 60.3 Å². The molecule has 0 nitrogen and oxygen atoms in total. The van der Waals surface area contributed by atoms with E-state index in [1.54, 1.807) is 10.4 Å². The molecule has 4 rings (SSSR count). The smallest absolute Gasteiger partial charge is 0.0650 e. The van der Waals surface area contributed by atoms with Gasteiger partial charge in [-0.2, -0.15) is 0 Å². The molecule has 4 aromatic rings. The van der Waals surface area contributed by atoms with Crippen LogP contribution in [0.2, 0.25) is 22.2 Å². The van der Waals surface area contributed by atoms with Gasteiger partial charge in [0.1, 0.15) is 0 Å². The molecule has 0 aliphatic heterocycles. The number of rotatable bonds is 6. The molecule has 2 heteroatoms. The molecule has 0 saturated carbocycles. The maximum Gasteiger partial charge on any atom is 0.0927 e. The van der Waals surface area contributed by atoms with Crippen molar-refractivity contribution in [1.82, 2.24) is 0 Å². The van der Waals surface area contributed by atoms with E-state index in [-0.39, 0.29) is 0 Å². The predicted octanol–water partition coefficient (Wildman–Crippen LogP) is 8.19. The van der Waals surface area contributed by atoms with Crippen molar-refractivity contribution in [2.75, 3.05) is 0 Å². The second-order valence-corrected chi connectivity index (χ2v) is 18.0. The van der Waals surface area contributed by atoms with Gasteiger partial charge < -0.3 is 0 Å². The van der Waals surface area contributed by atoms with Gasteiger partial charge in [-0.3, -0.25) is 0 Å². The second-order valence-electron chi connectivity index (χ2n) is 10.6. The zero-order chi connectivity index (χ0) is 23.2. The summed E-state index contributed by atoms with van der Waals surface area (Å²) in [7, 11) is -1.49. The topological polar surface area (TPSA) is 0 Å². The largest absolute Gasteiger partial charge is 0.0927 e. The standard InChI is InChI=1S/C30H38Si2/c1-19(2)31(20(3)4)29-25-15-11-12-16-26(25)30(32(21(5)6)22(7)8)28-18-24-14-10-9-13-23(24)17-27(28)29/h9-22H,1-8H3. The number of hydrogen-bond acceptors (Lipinski definition) is 0. The molecular formula is C30H38Si2. The van der Waals surface area contributed by atoms with Crippen molar-refractivity contribution in [2.45, 2.75) is 77.6 Å². The molecule has 0 N–H and O–H groups in total. The molecule has 0 atom stereocenters. The van der Waals surface area contributed by atoms with Gasteiger partial charge in [0.2, 0.25) is 0 Å². The first-order valence-electron chi connectivity index (χ1n) is 12.3. The van der Waals surface area contributed by atoms with E-state index in [0.29, 0.717) is 22.2 Å². The van der Waals surface area contributed by atoms with Crippen LogP contribution in [0.3, 0.4) is 0 Å². The first-order chi connectivity index (χ1) is 15.2. The summed E-state index contributed by atoms with van der Waals surface area (Å²) in [5, 5.41) is 12.2. The first kappa shape index (κ1) is 23.3. The Hall–Kier alpha value is -1.91. The van der Waals surface area contributed by atoms with Gasteiger partial charge in [-0.1, -0.05) is 104 Å². The first-order valence-corrected chi connectivity index (χ1v) is 15.6. The fourth-order valence-corrected chi connectivity index (χ4v) is 13.0. The molecular weight excluding hydrogens is 417 g/mol. The van der Waals surface area contributed by atoms with Gasteiger partial charge in [0.25, 0.3) is 0 Å². The fourth-order valence-electron chi connectivity index (χ4n) is 5.97. The Morgan fingerprint density at radius 2 is 0.750 bits per heavy atom. The Labute approximate surface area is 198 Å². The number of fused-ring (bicyclic) bond motifs is 3. The highest BCUT2D eigenvalue weighted by Gasteiger charge is 2.31. The van der Waals surface area contributed by atoms with Crippen molar-refractivity contribution in [3.63, 3.8) is 0 Å². The Morgan fingerprint density at radius 1 is 0.438 bits per heavy atom. The minimum atomic E-state index is -0.745. The molecule has 4 aromatic carbocycles. The van der Waals surface area contributed by atoms with Crippen LogP contribution in [0.4, 0.5) is 0 Å². The third-order valence-corrected chi connectivity index (χ3v) is 14.2. The quantitative estimate of drug-likeness (QED) is 0.203. The summed E-state index contributed by atoms with van der Waals surface area (Å²) >= 11 is 0. The van der Waals surface area contributed by atoms with Gasteiger partial charge in [0.05, 0.1) is 17.6 Å². The van der Waals surface area contributed by atoms with Crippen LogP contribution in [0.15, 0.2) is 60.7 Å². The lowest BCUT2D eigenvalue weighted by atomic mass is 9.99. The SMILES string of the molecule is CC(C)[Si](c1c2ccccc2c([Si](C(C)C)C(C)C)c2cc3ccccc3cc12)C(C)C. The Bertz CT molecular complexity index is 1140. The van der Waals surface area contributed by atoms with Crippen LogP contribution in [0.1, 0.15) is 55.4 Å². The van der Waals surface area contributed by atoms with Crippen molar-refractivity contribution < 1.29 is 0 Å². The fraction of sp³-hybridized carbons (Fsp3) is 0.400. The van der Waals surface area contributed by atoms with E-state index in [1.165, 1.54) is 32.3 Å². The summed E-state index contributed by atoms with van der Waals surface area (Å²) in [5.74, 6) is 0. The molecule has 0 bridgehead atoms. The normalized spacial score (nSPS) is 12.8. The van der Waals surface area contributed by atoms with E-state index in [2.05, 4.69) is 116 Å². The monoisotopic (exact) mass is 454 g/mol. The average Bonchev–Trinajstić information content (AvgIpc) is 2.73. The minimum Gasteiger partial charge on any atom is -0.0650 e. The van der Waals surface area contributed by atoms with Crippen LogP contribution in [0.5, 0.6) is 0 Å². The summed E-state index contributed by atoms with van der Waals surface area (Å²) in [6, 6.07) is 23.4. The van der Waals surface area contributed by atoms with Crippen LogP contribution in [0, 0.1) is 0 Å². The molecule has 0 fully saturated rings. The van der Waals surface area contributed by atoms with Gasteiger partial charge in [0.15, 0.2) is 0 Å². The van der Waals surface area contributed by atoms with E-state index in [0.717, 1.165) is 0 Å². The molecule has 166 valence electrons. The van der Waals surface area contributed by atoms with Crippen LogP contribution in [0.25, 0.3) is 32.3 Å². The predicted molar refractivity (Wildman–Crippen MR) is 150 cm³/mol. The Kier molecular flexibility index (Phi) is 6.65. The van der Waals surface area contributed by atoms with E-state index in [9.17, 15) is 0 Å². The molecule has 0 amide bonds. The molecule has 0 heterocycles. The van der Waals surface area contributed by atoms with Crippen LogP contribution in [-0.4, -0.2) is 17.6 Å². The third kappa shape index (κ3) is 3.97. The molecule has 0 aliphatic rings. The summed E-state index contributed by atoms with van der Waals surface area (Å²) < 4.78 is 0. The minimum absolute atomic E-state index is 0.698. The lowest BCUT2D eigenvalue weighted by molar-refractivity contribution is 0.951. The van der Waals surface area contributed by atoms with Crippen molar-refractivity contribution in [2.24, 2.45) is 0 Å². The van der Waals surface area contributed by atoms with Crippen LogP contribution < -0.4 is 10.4 Å². The highest BCUT2D eigenvalue weighted by molar-refractivity contribution is 6.84. The lowest BCUT2D eigenvalue weighted by Gasteiger charge is -2.31.